The van der Waals surface area contributed by atoms with E-state index in [1.165, 1.54) is 17.5 Å². The smallest absolute Gasteiger partial charge is 0.295 e. The van der Waals surface area contributed by atoms with Crippen molar-refractivity contribution in [2.75, 3.05) is 5.32 Å². The molecule has 0 aliphatic heterocycles. The summed E-state index contributed by atoms with van der Waals surface area (Å²) in [5.41, 5.74) is 3.94. The van der Waals surface area contributed by atoms with Crippen LogP contribution in [0.15, 0.2) is 53.3 Å². The Labute approximate surface area is 176 Å². The van der Waals surface area contributed by atoms with Crippen LogP contribution in [-0.2, 0) is 24.7 Å². The number of benzene rings is 2. The molecule has 1 atom stereocenters. The van der Waals surface area contributed by atoms with Crippen LogP contribution in [0.2, 0.25) is 0 Å². The number of amides is 1. The van der Waals surface area contributed by atoms with Crippen LogP contribution in [0.25, 0.3) is 5.69 Å². The Balaban J connectivity index is 1.56. The Bertz CT molecular complexity index is 1130. The van der Waals surface area contributed by atoms with Crippen LogP contribution in [0.4, 0.5) is 5.69 Å². The van der Waals surface area contributed by atoms with Crippen LogP contribution in [0.1, 0.15) is 36.6 Å². The van der Waals surface area contributed by atoms with Gasteiger partial charge < -0.3 is 10.1 Å². The lowest BCUT2D eigenvalue weighted by Gasteiger charge is -2.21. The molecule has 0 spiro atoms. The molecule has 0 radical (unpaired) electrons. The second-order valence-corrected chi connectivity index (χ2v) is 7.79. The van der Waals surface area contributed by atoms with E-state index >= 15 is 0 Å². The van der Waals surface area contributed by atoms with Crippen LogP contribution < -0.4 is 15.6 Å². The van der Waals surface area contributed by atoms with Crippen LogP contribution in [0, 0.1) is 6.92 Å². The third kappa shape index (κ3) is 3.65. The van der Waals surface area contributed by atoms with E-state index in [1.807, 2.05) is 49.4 Å². The Hall–Kier alpha value is -3.28. The van der Waals surface area contributed by atoms with Gasteiger partial charge >= 0.3 is 0 Å². The molecule has 0 fully saturated rings. The van der Waals surface area contributed by atoms with Gasteiger partial charge in [0.1, 0.15) is 11.4 Å². The average molecular weight is 405 g/mol. The Morgan fingerprint density at radius 2 is 1.80 bits per heavy atom. The summed E-state index contributed by atoms with van der Waals surface area (Å²) in [4.78, 5) is 25.9. The third-order valence-electron chi connectivity index (χ3n) is 5.83. The van der Waals surface area contributed by atoms with Crippen molar-refractivity contribution >= 4 is 11.6 Å². The van der Waals surface area contributed by atoms with Crippen LogP contribution in [0.5, 0.6) is 5.75 Å². The second kappa shape index (κ2) is 8.22. The van der Waals surface area contributed by atoms with Crippen molar-refractivity contribution in [3.05, 3.63) is 75.7 Å². The zero-order valence-electron chi connectivity index (χ0n) is 17.6. The molecule has 0 saturated carbocycles. The molecule has 3 aromatic rings. The lowest BCUT2D eigenvalue weighted by Crippen LogP contribution is -2.32. The number of anilines is 1. The summed E-state index contributed by atoms with van der Waals surface area (Å²) < 4.78 is 9.31. The molecule has 1 heterocycles. The van der Waals surface area contributed by atoms with E-state index in [2.05, 4.69) is 11.4 Å². The number of nitrogens with zero attached hydrogens (tertiary/aromatic N) is 2. The highest BCUT2D eigenvalue weighted by molar-refractivity contribution is 5.94. The number of carbonyl (C=O) groups is 1. The number of para-hydroxylation sites is 1. The summed E-state index contributed by atoms with van der Waals surface area (Å²) in [6.45, 7) is 3.53. The first kappa shape index (κ1) is 20.0. The van der Waals surface area contributed by atoms with Gasteiger partial charge in [-0.25, -0.2) is 4.68 Å². The summed E-state index contributed by atoms with van der Waals surface area (Å²) in [6, 6.07) is 15.4. The molecule has 4 rings (SSSR count). The maximum Gasteiger partial charge on any atom is 0.295 e. The fraction of sp³-hybridized carbons (Fsp3) is 0.333. The third-order valence-corrected chi connectivity index (χ3v) is 5.83. The number of nitrogens with one attached hydrogen (secondary N) is 1. The summed E-state index contributed by atoms with van der Waals surface area (Å²) in [5, 5.41) is 2.79. The maximum atomic E-state index is 13.0. The van der Waals surface area contributed by atoms with E-state index < -0.39 is 6.10 Å². The van der Waals surface area contributed by atoms with Crippen molar-refractivity contribution in [2.24, 2.45) is 7.05 Å². The minimum Gasteiger partial charge on any atom is -0.481 e. The number of hydrogen-bond acceptors (Lipinski definition) is 3. The van der Waals surface area contributed by atoms with Crippen molar-refractivity contribution in [2.45, 2.75) is 45.6 Å². The first-order chi connectivity index (χ1) is 14.5. The number of fused-ring (bicyclic) bond motifs is 1. The number of rotatable bonds is 5. The standard InChI is InChI=1S/C24H27N3O3/c1-16-22(24(29)27(26(16)3)19-12-5-4-6-13-19)25-23(28)17(2)30-21-15-9-11-18-10-7-8-14-20(18)21/h4-6,9,11-13,15,17H,7-8,10,14H2,1-3H3,(H,25,28). The first-order valence-corrected chi connectivity index (χ1v) is 10.4. The van der Waals surface area contributed by atoms with Crippen molar-refractivity contribution in [1.29, 1.82) is 0 Å². The predicted octanol–water partition coefficient (Wildman–Crippen LogP) is 3.77. The molecular weight excluding hydrogens is 378 g/mol. The largest absolute Gasteiger partial charge is 0.481 e. The fourth-order valence-electron chi connectivity index (χ4n) is 4.04. The zero-order chi connectivity index (χ0) is 21.3. The molecule has 1 aromatic heterocycles. The zero-order valence-corrected chi connectivity index (χ0v) is 17.6. The van der Waals surface area contributed by atoms with E-state index in [4.69, 9.17) is 4.74 Å². The molecule has 156 valence electrons. The monoisotopic (exact) mass is 405 g/mol. The summed E-state index contributed by atoms with van der Waals surface area (Å²) in [6.07, 6.45) is 3.63. The molecule has 2 aromatic carbocycles. The number of hydrogen-bond donors (Lipinski definition) is 1. The van der Waals surface area contributed by atoms with Crippen LogP contribution >= 0.6 is 0 Å². The molecule has 1 unspecified atom stereocenters. The quantitative estimate of drug-likeness (QED) is 0.703. The van der Waals surface area contributed by atoms with E-state index in [9.17, 15) is 9.59 Å². The molecule has 6 nitrogen and oxygen atoms in total. The SMILES string of the molecule is Cc1c(NC(=O)C(C)Oc2cccc3c2CCCC3)c(=O)n(-c2ccccc2)n1C. The molecule has 1 N–H and O–H groups in total. The van der Waals surface area contributed by atoms with Gasteiger partial charge in [-0.05, 0) is 68.9 Å². The Kier molecular flexibility index (Phi) is 5.48. The molecule has 30 heavy (non-hydrogen) atoms. The Morgan fingerprint density at radius 1 is 1.07 bits per heavy atom. The van der Waals surface area contributed by atoms with Gasteiger partial charge in [0.25, 0.3) is 11.5 Å². The molecule has 6 heteroatoms. The number of carbonyl (C=O) groups excluding carboxylic acids is 1. The van der Waals surface area contributed by atoms with Gasteiger partial charge in [0.2, 0.25) is 0 Å². The highest BCUT2D eigenvalue weighted by Gasteiger charge is 2.23. The Morgan fingerprint density at radius 3 is 2.57 bits per heavy atom. The van der Waals surface area contributed by atoms with Gasteiger partial charge in [0, 0.05) is 7.05 Å². The molecular formula is C24H27N3O3. The number of ether oxygens (including phenoxy) is 1. The highest BCUT2D eigenvalue weighted by atomic mass is 16.5. The molecule has 1 amide bonds. The van der Waals surface area contributed by atoms with Gasteiger partial charge in [-0.15, -0.1) is 0 Å². The predicted molar refractivity (Wildman–Crippen MR) is 118 cm³/mol. The summed E-state index contributed by atoms with van der Waals surface area (Å²) in [5.74, 6) is 0.427. The minimum absolute atomic E-state index is 0.265. The van der Waals surface area contributed by atoms with Crippen molar-refractivity contribution in [3.63, 3.8) is 0 Å². The lowest BCUT2D eigenvalue weighted by molar-refractivity contribution is -0.122. The minimum atomic E-state index is -0.720. The van der Waals surface area contributed by atoms with Gasteiger partial charge in [-0.2, -0.15) is 0 Å². The average Bonchev–Trinajstić information content (AvgIpc) is 2.97. The van der Waals surface area contributed by atoms with Crippen LogP contribution in [-0.4, -0.2) is 21.4 Å². The van der Waals surface area contributed by atoms with E-state index in [0.717, 1.165) is 30.7 Å². The van der Waals surface area contributed by atoms with E-state index in [0.29, 0.717) is 5.69 Å². The van der Waals surface area contributed by atoms with Crippen molar-refractivity contribution in [1.82, 2.24) is 9.36 Å². The van der Waals surface area contributed by atoms with Gasteiger partial charge in [0.05, 0.1) is 11.4 Å². The maximum absolute atomic E-state index is 13.0. The van der Waals surface area contributed by atoms with E-state index in [1.54, 1.807) is 23.3 Å². The van der Waals surface area contributed by atoms with Gasteiger partial charge in [0.15, 0.2) is 6.10 Å². The molecule has 0 bridgehead atoms. The number of aryl methyl sites for hydroxylation is 1. The van der Waals surface area contributed by atoms with Gasteiger partial charge in [-0.3, -0.25) is 14.3 Å². The van der Waals surface area contributed by atoms with Crippen molar-refractivity contribution in [3.8, 4) is 11.4 Å². The normalized spacial score (nSPS) is 14.1. The molecule has 1 aliphatic rings. The second-order valence-electron chi connectivity index (χ2n) is 7.79. The van der Waals surface area contributed by atoms with Crippen molar-refractivity contribution < 1.29 is 9.53 Å². The summed E-state index contributed by atoms with van der Waals surface area (Å²) in [7, 11) is 1.80. The lowest BCUT2D eigenvalue weighted by atomic mass is 9.91. The molecule has 0 saturated heterocycles. The topological polar surface area (TPSA) is 65.3 Å². The first-order valence-electron chi connectivity index (χ1n) is 10.4. The van der Waals surface area contributed by atoms with Crippen LogP contribution in [0.3, 0.4) is 0 Å². The fourth-order valence-corrected chi connectivity index (χ4v) is 4.04. The van der Waals surface area contributed by atoms with E-state index in [-0.39, 0.29) is 17.2 Å². The molecule has 1 aliphatic carbocycles. The highest BCUT2D eigenvalue weighted by Crippen LogP contribution is 2.30. The van der Waals surface area contributed by atoms with Gasteiger partial charge in [-0.1, -0.05) is 30.3 Å². The number of aromatic nitrogens is 2. The summed E-state index contributed by atoms with van der Waals surface area (Å²) >= 11 is 0.